The summed E-state index contributed by atoms with van der Waals surface area (Å²) < 4.78 is 0. The predicted octanol–water partition coefficient (Wildman–Crippen LogP) is 0.608. The monoisotopic (exact) mass is 264 g/mol. The van der Waals surface area contributed by atoms with E-state index in [0.717, 1.165) is 38.8 Å². The van der Waals surface area contributed by atoms with Crippen molar-refractivity contribution in [3.8, 4) is 6.07 Å². The van der Waals surface area contributed by atoms with Gasteiger partial charge in [0.2, 0.25) is 5.91 Å². The van der Waals surface area contributed by atoms with Crippen LogP contribution in [0, 0.1) is 17.2 Å². The van der Waals surface area contributed by atoms with E-state index in [2.05, 4.69) is 23.3 Å². The van der Waals surface area contributed by atoms with E-state index < -0.39 is 5.54 Å². The van der Waals surface area contributed by atoms with E-state index in [0.29, 0.717) is 12.8 Å². The second-order valence-corrected chi connectivity index (χ2v) is 6.15. The fourth-order valence-corrected chi connectivity index (χ4v) is 3.11. The minimum absolute atomic E-state index is 0.0391. The Balaban J connectivity index is 1.80. The zero-order valence-corrected chi connectivity index (χ0v) is 11.7. The highest BCUT2D eigenvalue weighted by atomic mass is 16.1. The van der Waals surface area contributed by atoms with Gasteiger partial charge in [0.05, 0.1) is 6.07 Å². The van der Waals surface area contributed by atoms with E-state index in [9.17, 15) is 4.79 Å². The Morgan fingerprint density at radius 1 is 1.42 bits per heavy atom. The zero-order chi connectivity index (χ0) is 13.9. The molecule has 1 heterocycles. The number of nitriles is 1. The van der Waals surface area contributed by atoms with E-state index in [-0.39, 0.29) is 17.9 Å². The van der Waals surface area contributed by atoms with E-state index in [1.165, 1.54) is 0 Å². The molecule has 1 aliphatic heterocycles. The van der Waals surface area contributed by atoms with Gasteiger partial charge in [-0.1, -0.05) is 0 Å². The minimum atomic E-state index is -0.707. The molecule has 1 saturated carbocycles. The van der Waals surface area contributed by atoms with Crippen molar-refractivity contribution >= 4 is 5.91 Å². The summed E-state index contributed by atoms with van der Waals surface area (Å²) in [7, 11) is 2.09. The Morgan fingerprint density at radius 2 is 2.11 bits per heavy atom. The molecule has 19 heavy (non-hydrogen) atoms. The molecule has 0 radical (unpaired) electrons. The average molecular weight is 264 g/mol. The highest BCUT2D eigenvalue weighted by Gasteiger charge is 2.35. The van der Waals surface area contributed by atoms with Crippen molar-refractivity contribution in [3.63, 3.8) is 0 Å². The summed E-state index contributed by atoms with van der Waals surface area (Å²) in [6, 6.07) is 2.45. The Labute approximate surface area is 115 Å². The van der Waals surface area contributed by atoms with Gasteiger partial charge in [0.1, 0.15) is 5.54 Å². The van der Waals surface area contributed by atoms with Crippen LogP contribution in [0.3, 0.4) is 0 Å². The molecule has 3 N–H and O–H groups in total. The number of hydrogen-bond acceptors (Lipinski definition) is 4. The molecule has 106 valence electrons. The lowest BCUT2D eigenvalue weighted by molar-refractivity contribution is -0.127. The molecule has 1 atom stereocenters. The summed E-state index contributed by atoms with van der Waals surface area (Å²) >= 11 is 0. The van der Waals surface area contributed by atoms with Crippen molar-refractivity contribution in [3.05, 3.63) is 0 Å². The lowest BCUT2D eigenvalue weighted by atomic mass is 9.77. The first-order valence-electron chi connectivity index (χ1n) is 7.21. The van der Waals surface area contributed by atoms with Gasteiger partial charge in [0.25, 0.3) is 0 Å². The van der Waals surface area contributed by atoms with Gasteiger partial charge in [-0.05, 0) is 52.1 Å². The molecule has 0 aromatic rings. The van der Waals surface area contributed by atoms with Crippen LogP contribution in [0.25, 0.3) is 0 Å². The van der Waals surface area contributed by atoms with Crippen LogP contribution >= 0.6 is 0 Å². The Bertz CT molecular complexity index is 368. The number of piperidine rings is 1. The predicted molar refractivity (Wildman–Crippen MR) is 73.2 cm³/mol. The molecular formula is C14H24N4O. The van der Waals surface area contributed by atoms with Crippen LogP contribution in [-0.4, -0.2) is 42.5 Å². The Morgan fingerprint density at radius 3 is 2.68 bits per heavy atom. The quantitative estimate of drug-likeness (QED) is 0.765. The maximum absolute atomic E-state index is 12.2. The Kier molecular flexibility index (Phi) is 4.43. The standard InChI is InChI=1S/C14H24N4O/c1-18-8-2-3-12(9-18)17-13(19)11-4-6-14(16,10-15)7-5-11/h11-12H,2-9,16H2,1H3,(H,17,19). The lowest BCUT2D eigenvalue weighted by Gasteiger charge is -2.34. The molecule has 1 aliphatic carbocycles. The second-order valence-electron chi connectivity index (χ2n) is 6.15. The van der Waals surface area contributed by atoms with Crippen molar-refractivity contribution in [2.45, 2.75) is 50.1 Å². The van der Waals surface area contributed by atoms with Crippen molar-refractivity contribution < 1.29 is 4.79 Å². The zero-order valence-electron chi connectivity index (χ0n) is 11.7. The Hall–Kier alpha value is -1.12. The van der Waals surface area contributed by atoms with Gasteiger partial charge in [0, 0.05) is 18.5 Å². The summed E-state index contributed by atoms with van der Waals surface area (Å²) in [5.74, 6) is 0.192. The molecule has 1 unspecified atom stereocenters. The highest BCUT2D eigenvalue weighted by molar-refractivity contribution is 5.79. The molecule has 2 aliphatic rings. The maximum atomic E-state index is 12.2. The highest BCUT2D eigenvalue weighted by Crippen LogP contribution is 2.30. The number of carbonyl (C=O) groups is 1. The van der Waals surface area contributed by atoms with E-state index >= 15 is 0 Å². The van der Waals surface area contributed by atoms with E-state index in [1.54, 1.807) is 0 Å². The smallest absolute Gasteiger partial charge is 0.223 e. The normalized spacial score (nSPS) is 36.5. The number of amides is 1. The van der Waals surface area contributed by atoms with Crippen LogP contribution in [0.15, 0.2) is 0 Å². The van der Waals surface area contributed by atoms with Crippen LogP contribution in [0.2, 0.25) is 0 Å². The molecule has 5 heteroatoms. The van der Waals surface area contributed by atoms with Crippen LogP contribution in [-0.2, 0) is 4.79 Å². The first-order valence-corrected chi connectivity index (χ1v) is 7.21. The van der Waals surface area contributed by atoms with Gasteiger partial charge in [-0.15, -0.1) is 0 Å². The molecule has 5 nitrogen and oxygen atoms in total. The van der Waals surface area contributed by atoms with Crippen LogP contribution in [0.1, 0.15) is 38.5 Å². The molecule has 0 spiro atoms. The molecular weight excluding hydrogens is 240 g/mol. The van der Waals surface area contributed by atoms with Gasteiger partial charge in [-0.2, -0.15) is 5.26 Å². The molecule has 2 fully saturated rings. The lowest BCUT2D eigenvalue weighted by Crippen LogP contribution is -2.50. The minimum Gasteiger partial charge on any atom is -0.352 e. The van der Waals surface area contributed by atoms with Crippen molar-refractivity contribution in [1.29, 1.82) is 5.26 Å². The first-order chi connectivity index (χ1) is 9.02. The summed E-state index contributed by atoms with van der Waals surface area (Å²) in [6.07, 6.45) is 4.95. The number of hydrogen-bond donors (Lipinski definition) is 2. The fourth-order valence-electron chi connectivity index (χ4n) is 3.11. The largest absolute Gasteiger partial charge is 0.352 e. The third-order valence-electron chi connectivity index (χ3n) is 4.44. The van der Waals surface area contributed by atoms with Crippen LogP contribution < -0.4 is 11.1 Å². The summed E-state index contributed by atoms with van der Waals surface area (Å²) in [6.45, 7) is 2.06. The number of nitrogens with two attached hydrogens (primary N) is 1. The van der Waals surface area contributed by atoms with Crippen molar-refractivity contribution in [2.75, 3.05) is 20.1 Å². The molecule has 0 bridgehead atoms. The molecule has 0 aromatic carbocycles. The molecule has 0 aromatic heterocycles. The van der Waals surface area contributed by atoms with E-state index in [4.69, 9.17) is 11.0 Å². The van der Waals surface area contributed by atoms with Crippen LogP contribution in [0.5, 0.6) is 0 Å². The van der Waals surface area contributed by atoms with Gasteiger partial charge in [-0.25, -0.2) is 0 Å². The summed E-state index contributed by atoms with van der Waals surface area (Å²) in [5, 5.41) is 12.1. The third kappa shape index (κ3) is 3.68. The number of likely N-dealkylation sites (N-methyl/N-ethyl adjacent to an activating group) is 1. The summed E-state index contributed by atoms with van der Waals surface area (Å²) in [4.78, 5) is 14.5. The average Bonchev–Trinajstić information content (AvgIpc) is 2.39. The number of nitrogens with one attached hydrogen (secondary N) is 1. The first kappa shape index (κ1) is 14.3. The maximum Gasteiger partial charge on any atom is 0.223 e. The SMILES string of the molecule is CN1CCCC(NC(=O)C2CCC(N)(C#N)CC2)C1. The number of likely N-dealkylation sites (tertiary alicyclic amines) is 1. The topological polar surface area (TPSA) is 82.2 Å². The number of nitrogens with zero attached hydrogens (tertiary/aromatic N) is 2. The molecule has 1 saturated heterocycles. The van der Waals surface area contributed by atoms with Crippen LogP contribution in [0.4, 0.5) is 0 Å². The van der Waals surface area contributed by atoms with Gasteiger partial charge < -0.3 is 16.0 Å². The molecule has 2 rings (SSSR count). The number of carbonyl (C=O) groups excluding carboxylic acids is 1. The third-order valence-corrected chi connectivity index (χ3v) is 4.44. The molecule has 1 amide bonds. The summed E-state index contributed by atoms with van der Waals surface area (Å²) in [5.41, 5.74) is 5.22. The number of rotatable bonds is 2. The van der Waals surface area contributed by atoms with Gasteiger partial charge in [0.15, 0.2) is 0 Å². The van der Waals surface area contributed by atoms with E-state index in [1.807, 2.05) is 0 Å². The van der Waals surface area contributed by atoms with Crippen molar-refractivity contribution in [1.82, 2.24) is 10.2 Å². The second kappa shape index (κ2) is 5.89. The van der Waals surface area contributed by atoms with Crippen molar-refractivity contribution in [2.24, 2.45) is 11.7 Å². The van der Waals surface area contributed by atoms with Gasteiger partial charge in [-0.3, -0.25) is 4.79 Å². The fraction of sp³-hybridized carbons (Fsp3) is 0.857. The van der Waals surface area contributed by atoms with Gasteiger partial charge >= 0.3 is 0 Å².